The molecule has 0 spiro atoms. The average molecular weight is 251 g/mol. The standard InChI is InChI=1S/C8H13NO6S/c1-4(11)9-5(7(12)13)3-16-6(2-10)8(14)15/h5-6,10H,2-3H2,1H3,(H,9,11)(H,12,13)(H,14,15)/t5-,6?/m0/s1. The highest BCUT2D eigenvalue weighted by Crippen LogP contribution is 2.12. The summed E-state index contributed by atoms with van der Waals surface area (Å²) in [7, 11) is 0. The Morgan fingerprint density at radius 2 is 1.81 bits per heavy atom. The first-order valence-corrected chi connectivity index (χ1v) is 5.38. The second-order valence-electron chi connectivity index (χ2n) is 2.93. The van der Waals surface area contributed by atoms with Gasteiger partial charge in [-0.15, -0.1) is 11.8 Å². The van der Waals surface area contributed by atoms with Crippen molar-refractivity contribution in [1.82, 2.24) is 5.32 Å². The van der Waals surface area contributed by atoms with E-state index in [2.05, 4.69) is 5.32 Å². The van der Waals surface area contributed by atoms with Crippen molar-refractivity contribution in [3.05, 3.63) is 0 Å². The van der Waals surface area contributed by atoms with Gasteiger partial charge < -0.3 is 20.6 Å². The van der Waals surface area contributed by atoms with E-state index in [1.807, 2.05) is 0 Å². The number of nitrogens with one attached hydrogen (secondary N) is 1. The van der Waals surface area contributed by atoms with Crippen molar-refractivity contribution in [1.29, 1.82) is 0 Å². The van der Waals surface area contributed by atoms with E-state index in [4.69, 9.17) is 15.3 Å². The van der Waals surface area contributed by atoms with E-state index in [0.717, 1.165) is 11.8 Å². The number of aliphatic hydroxyl groups is 1. The van der Waals surface area contributed by atoms with Crippen molar-refractivity contribution in [3.8, 4) is 0 Å². The summed E-state index contributed by atoms with van der Waals surface area (Å²) in [6.07, 6.45) is 0. The highest BCUT2D eigenvalue weighted by molar-refractivity contribution is 8.00. The van der Waals surface area contributed by atoms with Gasteiger partial charge in [-0.25, -0.2) is 4.79 Å². The van der Waals surface area contributed by atoms with Crippen LogP contribution in [0.5, 0.6) is 0 Å². The molecule has 4 N–H and O–H groups in total. The molecule has 0 aromatic carbocycles. The second-order valence-corrected chi connectivity index (χ2v) is 4.17. The van der Waals surface area contributed by atoms with Crippen LogP contribution in [0.4, 0.5) is 0 Å². The van der Waals surface area contributed by atoms with Gasteiger partial charge in [0.05, 0.1) is 6.61 Å². The molecule has 0 radical (unpaired) electrons. The first-order chi connectivity index (χ1) is 7.38. The molecule has 0 saturated carbocycles. The summed E-state index contributed by atoms with van der Waals surface area (Å²) in [5.41, 5.74) is 0. The minimum absolute atomic E-state index is 0.119. The fourth-order valence-electron chi connectivity index (χ4n) is 0.835. The zero-order valence-electron chi connectivity index (χ0n) is 8.54. The van der Waals surface area contributed by atoms with Crippen molar-refractivity contribution in [2.45, 2.75) is 18.2 Å². The summed E-state index contributed by atoms with van der Waals surface area (Å²) in [6, 6.07) is -1.16. The van der Waals surface area contributed by atoms with Crippen LogP contribution in [0.15, 0.2) is 0 Å². The van der Waals surface area contributed by atoms with Gasteiger partial charge in [0.2, 0.25) is 5.91 Å². The minimum Gasteiger partial charge on any atom is -0.480 e. The third-order valence-electron chi connectivity index (χ3n) is 1.58. The predicted molar refractivity (Wildman–Crippen MR) is 56.2 cm³/mol. The third-order valence-corrected chi connectivity index (χ3v) is 2.86. The largest absolute Gasteiger partial charge is 0.480 e. The summed E-state index contributed by atoms with van der Waals surface area (Å²) in [5, 5.41) is 27.1. The molecule has 0 aromatic heterocycles. The quantitative estimate of drug-likeness (QED) is 0.446. The van der Waals surface area contributed by atoms with Crippen LogP contribution in [0.2, 0.25) is 0 Å². The number of carboxylic acids is 2. The lowest BCUT2D eigenvalue weighted by Crippen LogP contribution is -2.42. The van der Waals surface area contributed by atoms with Gasteiger partial charge in [0, 0.05) is 12.7 Å². The van der Waals surface area contributed by atoms with Crippen LogP contribution in [0.1, 0.15) is 6.92 Å². The average Bonchev–Trinajstić information content (AvgIpc) is 2.15. The minimum atomic E-state index is -1.25. The second kappa shape index (κ2) is 7.07. The first kappa shape index (κ1) is 14.7. The molecule has 0 aliphatic rings. The van der Waals surface area contributed by atoms with Crippen molar-refractivity contribution in [2.75, 3.05) is 12.4 Å². The fraction of sp³-hybridized carbons (Fsp3) is 0.625. The number of aliphatic carboxylic acids is 2. The number of amides is 1. The van der Waals surface area contributed by atoms with Gasteiger partial charge in [-0.1, -0.05) is 0 Å². The Bertz CT molecular complexity index is 282. The number of carbonyl (C=O) groups is 3. The fourth-order valence-corrected chi connectivity index (χ4v) is 1.73. The van der Waals surface area contributed by atoms with Crippen LogP contribution in [0.3, 0.4) is 0 Å². The predicted octanol–water partition coefficient (Wildman–Crippen LogP) is -1.25. The van der Waals surface area contributed by atoms with Crippen LogP contribution in [-0.2, 0) is 14.4 Å². The van der Waals surface area contributed by atoms with Gasteiger partial charge in [-0.2, -0.15) is 0 Å². The Morgan fingerprint density at radius 1 is 1.25 bits per heavy atom. The number of hydrogen-bond donors (Lipinski definition) is 4. The van der Waals surface area contributed by atoms with Gasteiger partial charge in [0.25, 0.3) is 0 Å². The summed E-state index contributed by atoms with van der Waals surface area (Å²) >= 11 is 0.763. The van der Waals surface area contributed by atoms with Crippen LogP contribution in [0.25, 0.3) is 0 Å². The molecule has 2 atom stereocenters. The van der Waals surface area contributed by atoms with E-state index in [1.165, 1.54) is 6.92 Å². The van der Waals surface area contributed by atoms with E-state index in [9.17, 15) is 14.4 Å². The van der Waals surface area contributed by atoms with E-state index in [-0.39, 0.29) is 5.75 Å². The summed E-state index contributed by atoms with van der Waals surface area (Å²) in [4.78, 5) is 31.8. The van der Waals surface area contributed by atoms with Crippen molar-refractivity contribution in [2.24, 2.45) is 0 Å². The molecule has 1 unspecified atom stereocenters. The Balaban J connectivity index is 4.25. The Labute approximate surface area is 95.8 Å². The summed E-state index contributed by atoms with van der Waals surface area (Å²) in [5.74, 6) is -3.10. The van der Waals surface area contributed by atoms with Crippen LogP contribution in [0, 0.1) is 0 Å². The van der Waals surface area contributed by atoms with Crippen LogP contribution in [-0.4, -0.2) is 56.8 Å². The molecule has 0 aliphatic heterocycles. The zero-order valence-corrected chi connectivity index (χ0v) is 9.36. The lowest BCUT2D eigenvalue weighted by atomic mass is 10.3. The van der Waals surface area contributed by atoms with Crippen LogP contribution < -0.4 is 5.32 Å². The number of rotatable bonds is 7. The number of carboxylic acid groups (broad SMARTS) is 2. The van der Waals surface area contributed by atoms with E-state index >= 15 is 0 Å². The summed E-state index contributed by atoms with van der Waals surface area (Å²) < 4.78 is 0. The smallest absolute Gasteiger partial charge is 0.327 e. The molecule has 0 rings (SSSR count). The van der Waals surface area contributed by atoms with Gasteiger partial charge in [0.1, 0.15) is 11.3 Å². The highest BCUT2D eigenvalue weighted by Gasteiger charge is 2.23. The number of aliphatic hydroxyl groups excluding tert-OH is 1. The normalized spacial score (nSPS) is 13.9. The maximum atomic E-state index is 10.7. The molecular formula is C8H13NO6S. The SMILES string of the molecule is CC(=O)N[C@@H](CSC(CO)C(=O)O)C(=O)O. The molecular weight excluding hydrogens is 238 g/mol. The highest BCUT2D eigenvalue weighted by atomic mass is 32.2. The molecule has 0 aliphatic carbocycles. The van der Waals surface area contributed by atoms with E-state index in [0.29, 0.717) is 0 Å². The Hall–Kier alpha value is -1.28. The number of carbonyl (C=O) groups excluding carboxylic acids is 1. The first-order valence-electron chi connectivity index (χ1n) is 4.33. The molecule has 1 amide bonds. The molecule has 7 nitrogen and oxygen atoms in total. The molecule has 16 heavy (non-hydrogen) atoms. The molecule has 0 fully saturated rings. The van der Waals surface area contributed by atoms with Gasteiger partial charge in [-0.05, 0) is 0 Å². The number of hydrogen-bond acceptors (Lipinski definition) is 5. The molecule has 0 heterocycles. The number of thioether (sulfide) groups is 1. The van der Waals surface area contributed by atoms with E-state index < -0.39 is 35.7 Å². The topological polar surface area (TPSA) is 124 Å². The van der Waals surface area contributed by atoms with Crippen LogP contribution >= 0.6 is 11.8 Å². The Kier molecular flexibility index (Phi) is 6.50. The molecule has 0 saturated heterocycles. The van der Waals surface area contributed by atoms with Crippen molar-refractivity contribution in [3.63, 3.8) is 0 Å². The molecule has 0 aromatic rings. The molecule has 8 heteroatoms. The molecule has 0 bridgehead atoms. The van der Waals surface area contributed by atoms with Gasteiger partial charge in [0.15, 0.2) is 0 Å². The van der Waals surface area contributed by atoms with E-state index in [1.54, 1.807) is 0 Å². The van der Waals surface area contributed by atoms with Gasteiger partial charge >= 0.3 is 11.9 Å². The monoisotopic (exact) mass is 251 g/mol. The zero-order chi connectivity index (χ0) is 12.7. The lowest BCUT2D eigenvalue weighted by molar-refractivity contribution is -0.141. The Morgan fingerprint density at radius 3 is 2.12 bits per heavy atom. The lowest BCUT2D eigenvalue weighted by Gasteiger charge is -2.15. The maximum absolute atomic E-state index is 10.7. The third kappa shape index (κ3) is 5.56. The van der Waals surface area contributed by atoms with Crippen molar-refractivity contribution < 1.29 is 29.7 Å². The van der Waals surface area contributed by atoms with Gasteiger partial charge in [-0.3, -0.25) is 9.59 Å². The van der Waals surface area contributed by atoms with Crippen molar-refractivity contribution >= 4 is 29.6 Å². The summed E-state index contributed by atoms with van der Waals surface area (Å²) in [6.45, 7) is 0.577. The molecule has 92 valence electrons. The maximum Gasteiger partial charge on any atom is 0.327 e.